The fourth-order valence-corrected chi connectivity index (χ4v) is 6.21. The van der Waals surface area contributed by atoms with Gasteiger partial charge in [0.25, 0.3) is 0 Å². The minimum absolute atomic E-state index is 0.319. The van der Waals surface area contributed by atoms with Crippen molar-refractivity contribution in [2.75, 3.05) is 6.61 Å². The predicted molar refractivity (Wildman–Crippen MR) is 184 cm³/mol. The van der Waals surface area contributed by atoms with Gasteiger partial charge in [-0.15, -0.1) is 0 Å². The van der Waals surface area contributed by atoms with Crippen molar-refractivity contribution in [2.24, 2.45) is 0 Å². The molecule has 0 spiro atoms. The first kappa shape index (κ1) is 33.8. The largest absolute Gasteiger partial charge is 0.367 e. The third-order valence-corrected chi connectivity index (χ3v) is 9.00. The van der Waals surface area contributed by atoms with Crippen LogP contribution in [0.2, 0.25) is 0 Å². The number of benzene rings is 3. The molecule has 0 heterocycles. The number of rotatable bonds is 19. The average molecular weight is 599 g/mol. The summed E-state index contributed by atoms with van der Waals surface area (Å²) in [5, 5.41) is 0. The quantitative estimate of drug-likeness (QED) is 0.125. The highest BCUT2D eigenvalue weighted by atomic mass is 19.2. The number of halogens is 2. The molecule has 2 unspecified atom stereocenters. The highest BCUT2D eigenvalue weighted by Crippen LogP contribution is 2.41. The second-order valence-electron chi connectivity index (χ2n) is 12.4. The third-order valence-electron chi connectivity index (χ3n) is 9.00. The molecule has 4 rings (SSSR count). The standard InChI is InChI=1S/C41H52F2O/c1-3-5-7-8-9-10-11-12-13-17-30-41(44-32-18-6-4-2)31-29-38(39(42)40(41)43)37-27-25-36(26-28-37)35-23-21-34(22-24-35)33-19-15-14-16-20-33/h14-16,19-29,31,40H,3-13,17-18,30,32H2,1-2H3. The number of ether oxygens (including phenoxy) is 1. The number of unbranched alkanes of at least 4 members (excludes halogenated alkanes) is 11. The van der Waals surface area contributed by atoms with Crippen LogP contribution in [0.3, 0.4) is 0 Å². The van der Waals surface area contributed by atoms with E-state index in [-0.39, 0.29) is 0 Å². The van der Waals surface area contributed by atoms with Gasteiger partial charge in [0.15, 0.2) is 6.17 Å². The summed E-state index contributed by atoms with van der Waals surface area (Å²) in [7, 11) is 0. The van der Waals surface area contributed by atoms with Crippen molar-refractivity contribution in [3.63, 3.8) is 0 Å². The molecule has 0 saturated heterocycles. The molecule has 1 aliphatic rings. The van der Waals surface area contributed by atoms with Crippen LogP contribution < -0.4 is 0 Å². The number of allylic oxidation sites excluding steroid dienone is 2. The molecule has 0 saturated carbocycles. The van der Waals surface area contributed by atoms with Crippen molar-refractivity contribution in [2.45, 2.75) is 116 Å². The minimum atomic E-state index is -1.80. The molecule has 44 heavy (non-hydrogen) atoms. The average Bonchev–Trinajstić information content (AvgIpc) is 3.07. The molecule has 0 aromatic heterocycles. The molecular formula is C41H52F2O. The van der Waals surface area contributed by atoms with Crippen molar-refractivity contribution >= 4 is 5.57 Å². The number of hydrogen-bond acceptors (Lipinski definition) is 1. The van der Waals surface area contributed by atoms with E-state index < -0.39 is 17.6 Å². The van der Waals surface area contributed by atoms with Crippen LogP contribution in [0.1, 0.15) is 109 Å². The molecule has 0 bridgehead atoms. The van der Waals surface area contributed by atoms with E-state index in [1.54, 1.807) is 6.08 Å². The Bertz CT molecular complexity index is 1290. The van der Waals surface area contributed by atoms with Gasteiger partial charge in [-0.2, -0.15) is 0 Å². The van der Waals surface area contributed by atoms with Crippen molar-refractivity contribution in [1.82, 2.24) is 0 Å². The summed E-state index contributed by atoms with van der Waals surface area (Å²) in [6, 6.07) is 26.5. The monoisotopic (exact) mass is 598 g/mol. The van der Waals surface area contributed by atoms with E-state index in [1.807, 2.05) is 48.5 Å². The van der Waals surface area contributed by atoms with E-state index in [1.165, 1.54) is 50.5 Å². The summed E-state index contributed by atoms with van der Waals surface area (Å²) in [5.74, 6) is -0.713. The van der Waals surface area contributed by atoms with Crippen molar-refractivity contribution in [3.05, 3.63) is 102 Å². The van der Waals surface area contributed by atoms with Gasteiger partial charge >= 0.3 is 0 Å². The zero-order chi connectivity index (χ0) is 31.0. The fourth-order valence-electron chi connectivity index (χ4n) is 6.21. The van der Waals surface area contributed by atoms with E-state index in [0.29, 0.717) is 24.2 Å². The summed E-state index contributed by atoms with van der Waals surface area (Å²) >= 11 is 0. The zero-order valence-corrected chi connectivity index (χ0v) is 27.0. The summed E-state index contributed by atoms with van der Waals surface area (Å²) in [4.78, 5) is 0. The molecule has 1 aliphatic carbocycles. The van der Waals surface area contributed by atoms with E-state index in [0.717, 1.165) is 55.2 Å². The maximum atomic E-state index is 16.0. The summed E-state index contributed by atoms with van der Waals surface area (Å²) in [6.07, 6.45) is 17.3. The zero-order valence-electron chi connectivity index (χ0n) is 27.0. The Morgan fingerprint density at radius 3 is 1.57 bits per heavy atom. The van der Waals surface area contributed by atoms with Crippen LogP contribution in [0.4, 0.5) is 8.78 Å². The molecule has 3 aromatic carbocycles. The SMILES string of the molecule is CCCCCCCCCCCCC1(OCCCCC)C=CC(c2ccc(-c3ccc(-c4ccccc4)cc3)cc2)=C(F)C1F. The molecule has 0 aliphatic heterocycles. The Kier molecular flexibility index (Phi) is 13.9. The van der Waals surface area contributed by atoms with Crippen LogP contribution in [0.15, 0.2) is 96.8 Å². The van der Waals surface area contributed by atoms with E-state index in [4.69, 9.17) is 4.74 Å². The third kappa shape index (κ3) is 9.48. The second kappa shape index (κ2) is 18.1. The van der Waals surface area contributed by atoms with Gasteiger partial charge in [-0.1, -0.05) is 176 Å². The molecular weight excluding hydrogens is 546 g/mol. The Labute approximate surface area is 265 Å². The lowest BCUT2D eigenvalue weighted by Gasteiger charge is -2.36. The number of hydrogen-bond donors (Lipinski definition) is 0. The van der Waals surface area contributed by atoms with Crippen LogP contribution in [-0.4, -0.2) is 18.4 Å². The lowest BCUT2D eigenvalue weighted by Crippen LogP contribution is -2.43. The van der Waals surface area contributed by atoms with E-state index in [9.17, 15) is 0 Å². The first-order chi connectivity index (χ1) is 21.6. The molecule has 3 heteroatoms. The highest BCUT2D eigenvalue weighted by molar-refractivity contribution is 5.80. The highest BCUT2D eigenvalue weighted by Gasteiger charge is 2.44. The summed E-state index contributed by atoms with van der Waals surface area (Å²) < 4.78 is 38.0. The molecule has 0 amide bonds. The lowest BCUT2D eigenvalue weighted by molar-refractivity contribution is -0.0651. The van der Waals surface area contributed by atoms with Gasteiger partial charge in [0.2, 0.25) is 0 Å². The van der Waals surface area contributed by atoms with Crippen LogP contribution >= 0.6 is 0 Å². The van der Waals surface area contributed by atoms with Crippen molar-refractivity contribution in [3.8, 4) is 22.3 Å². The lowest BCUT2D eigenvalue weighted by atomic mass is 9.82. The van der Waals surface area contributed by atoms with Gasteiger partial charge in [0.05, 0.1) is 0 Å². The Hall–Kier alpha value is -3.04. The Morgan fingerprint density at radius 2 is 1.02 bits per heavy atom. The summed E-state index contributed by atoms with van der Waals surface area (Å²) in [5.41, 5.74) is 4.26. The van der Waals surface area contributed by atoms with Crippen LogP contribution in [0, 0.1) is 0 Å². The smallest absolute Gasteiger partial charge is 0.184 e. The minimum Gasteiger partial charge on any atom is -0.367 e. The molecule has 236 valence electrons. The van der Waals surface area contributed by atoms with Crippen molar-refractivity contribution < 1.29 is 13.5 Å². The molecule has 2 atom stereocenters. The van der Waals surface area contributed by atoms with E-state index >= 15 is 8.78 Å². The Balaban J connectivity index is 1.38. The van der Waals surface area contributed by atoms with Gasteiger partial charge in [-0.3, -0.25) is 0 Å². The van der Waals surface area contributed by atoms with Crippen LogP contribution in [-0.2, 0) is 4.74 Å². The van der Waals surface area contributed by atoms with Crippen molar-refractivity contribution in [1.29, 1.82) is 0 Å². The topological polar surface area (TPSA) is 9.23 Å². The van der Waals surface area contributed by atoms with Gasteiger partial charge in [0, 0.05) is 12.2 Å². The van der Waals surface area contributed by atoms with Gasteiger partial charge in [0.1, 0.15) is 11.4 Å². The molecule has 0 N–H and O–H groups in total. The molecule has 1 nitrogen and oxygen atoms in total. The van der Waals surface area contributed by atoms with Gasteiger partial charge in [-0.25, -0.2) is 8.78 Å². The van der Waals surface area contributed by atoms with Crippen LogP contribution in [0.5, 0.6) is 0 Å². The van der Waals surface area contributed by atoms with Gasteiger partial charge in [-0.05, 0) is 46.7 Å². The Morgan fingerprint density at radius 1 is 0.568 bits per heavy atom. The first-order valence-corrected chi connectivity index (χ1v) is 17.2. The van der Waals surface area contributed by atoms with Crippen LogP contribution in [0.25, 0.3) is 27.8 Å². The second-order valence-corrected chi connectivity index (χ2v) is 12.4. The normalized spacial score (nSPS) is 18.2. The molecule has 3 aromatic rings. The van der Waals surface area contributed by atoms with E-state index in [2.05, 4.69) is 50.2 Å². The summed E-state index contributed by atoms with van der Waals surface area (Å²) in [6.45, 7) is 4.84. The van der Waals surface area contributed by atoms with Gasteiger partial charge < -0.3 is 4.74 Å². The molecule has 0 radical (unpaired) electrons. The predicted octanol–water partition coefficient (Wildman–Crippen LogP) is 12.9. The first-order valence-electron chi connectivity index (χ1n) is 17.2. The molecule has 0 fully saturated rings. The maximum Gasteiger partial charge on any atom is 0.184 e. The number of alkyl halides is 1. The maximum absolute atomic E-state index is 16.0. The fraction of sp³-hybridized carbons (Fsp3) is 0.463.